The molecular weight excluding hydrogens is 446 g/mol. The number of piperidine rings is 1. The molecule has 1 spiro atoms. The van der Waals surface area contributed by atoms with Crippen molar-refractivity contribution < 1.29 is 23.8 Å². The summed E-state index contributed by atoms with van der Waals surface area (Å²) in [5, 5.41) is 0. The van der Waals surface area contributed by atoms with Crippen LogP contribution in [0.1, 0.15) is 30.4 Å². The second kappa shape index (κ2) is 11.1. The maximum Gasteiger partial charge on any atom is 0.327 e. The van der Waals surface area contributed by atoms with Gasteiger partial charge in [0.25, 0.3) is 5.91 Å². The summed E-state index contributed by atoms with van der Waals surface area (Å²) in [7, 11) is 4.93. The number of rotatable bonds is 10. The normalized spacial score (nSPS) is 17.9. The zero-order valence-electron chi connectivity index (χ0n) is 20.9. The molecule has 0 N–H and O–H groups in total. The highest BCUT2D eigenvalue weighted by Gasteiger charge is 2.57. The largest absolute Gasteiger partial charge is 0.497 e. The van der Waals surface area contributed by atoms with Gasteiger partial charge in [-0.15, -0.1) is 0 Å². The smallest absolute Gasteiger partial charge is 0.327 e. The highest BCUT2D eigenvalue weighted by molar-refractivity contribution is 6.07. The third-order valence-electron chi connectivity index (χ3n) is 7.10. The van der Waals surface area contributed by atoms with Crippen molar-refractivity contribution in [2.24, 2.45) is 0 Å². The van der Waals surface area contributed by atoms with Crippen molar-refractivity contribution in [2.45, 2.75) is 37.9 Å². The lowest BCUT2D eigenvalue weighted by Gasteiger charge is -2.42. The van der Waals surface area contributed by atoms with E-state index in [2.05, 4.69) is 17.0 Å². The number of nitrogens with zero attached hydrogens (tertiary/aromatic N) is 3. The monoisotopic (exact) mass is 481 g/mol. The molecule has 188 valence electrons. The molecule has 0 radical (unpaired) electrons. The van der Waals surface area contributed by atoms with Crippen molar-refractivity contribution in [1.29, 1.82) is 0 Å². The minimum Gasteiger partial charge on any atom is -0.497 e. The summed E-state index contributed by atoms with van der Waals surface area (Å²) >= 11 is 0. The number of hydrogen-bond acceptors (Lipinski definition) is 6. The second-order valence-electron chi connectivity index (χ2n) is 9.18. The average molecular weight is 482 g/mol. The van der Waals surface area contributed by atoms with Crippen LogP contribution < -0.4 is 9.47 Å². The van der Waals surface area contributed by atoms with E-state index in [1.165, 1.54) is 10.5 Å². The lowest BCUT2D eigenvalue weighted by Crippen LogP contribution is -2.56. The van der Waals surface area contributed by atoms with Gasteiger partial charge in [0.2, 0.25) is 0 Å². The van der Waals surface area contributed by atoms with Gasteiger partial charge in [0, 0.05) is 39.9 Å². The van der Waals surface area contributed by atoms with E-state index in [-0.39, 0.29) is 18.5 Å². The minimum atomic E-state index is -0.784. The van der Waals surface area contributed by atoms with Crippen LogP contribution in [-0.2, 0) is 22.6 Å². The van der Waals surface area contributed by atoms with Gasteiger partial charge in [0.15, 0.2) is 0 Å². The van der Waals surface area contributed by atoms with E-state index in [1.807, 2.05) is 41.3 Å². The van der Waals surface area contributed by atoms with Crippen LogP contribution in [0.5, 0.6) is 11.5 Å². The Bertz CT molecular complexity index is 1000. The van der Waals surface area contributed by atoms with Crippen LogP contribution in [0.15, 0.2) is 48.5 Å². The molecular formula is C27H35N3O5. The maximum atomic E-state index is 13.8. The quantitative estimate of drug-likeness (QED) is 0.382. The Balaban J connectivity index is 1.48. The summed E-state index contributed by atoms with van der Waals surface area (Å²) in [6.45, 7) is 3.64. The number of carbonyl (C=O) groups is 2. The van der Waals surface area contributed by atoms with Crippen molar-refractivity contribution in [3.8, 4) is 11.5 Å². The van der Waals surface area contributed by atoms with Crippen molar-refractivity contribution >= 4 is 11.9 Å². The molecule has 2 aliphatic heterocycles. The van der Waals surface area contributed by atoms with Gasteiger partial charge in [-0.25, -0.2) is 4.79 Å². The molecule has 8 nitrogen and oxygen atoms in total. The van der Waals surface area contributed by atoms with Gasteiger partial charge in [0.05, 0.1) is 20.8 Å². The summed E-state index contributed by atoms with van der Waals surface area (Å²) in [5.74, 6) is 1.50. The van der Waals surface area contributed by atoms with Crippen LogP contribution in [0.4, 0.5) is 4.79 Å². The van der Waals surface area contributed by atoms with E-state index in [9.17, 15) is 9.59 Å². The standard InChI is InChI=1S/C27H35N3O5/c1-33-18-4-15-30-26(32)29(20-22-7-11-24(35-3)12-8-22)25(31)27(30)13-16-28(17-14-27)19-21-5-9-23(34-2)10-6-21/h5-12H,4,13-20H2,1-3H3. The lowest BCUT2D eigenvalue weighted by atomic mass is 9.85. The number of amides is 3. The minimum absolute atomic E-state index is 0.0835. The van der Waals surface area contributed by atoms with Crippen molar-refractivity contribution in [3.05, 3.63) is 59.7 Å². The molecule has 2 aromatic carbocycles. The fraction of sp³-hybridized carbons (Fsp3) is 0.481. The third-order valence-corrected chi connectivity index (χ3v) is 7.10. The number of methoxy groups -OCH3 is 3. The highest BCUT2D eigenvalue weighted by Crippen LogP contribution is 2.38. The fourth-order valence-corrected chi connectivity index (χ4v) is 5.07. The van der Waals surface area contributed by atoms with Crippen molar-refractivity contribution in [1.82, 2.24) is 14.7 Å². The molecule has 2 heterocycles. The molecule has 0 unspecified atom stereocenters. The Morgan fingerprint density at radius 2 is 1.34 bits per heavy atom. The van der Waals surface area contributed by atoms with E-state index in [0.717, 1.165) is 36.7 Å². The van der Waals surface area contributed by atoms with Crippen molar-refractivity contribution in [3.63, 3.8) is 0 Å². The average Bonchev–Trinajstić information content (AvgIpc) is 3.07. The summed E-state index contributed by atoms with van der Waals surface area (Å²) in [6.07, 6.45) is 1.95. The Labute approximate surface area is 207 Å². The molecule has 2 saturated heterocycles. The van der Waals surface area contributed by atoms with Gasteiger partial charge in [-0.3, -0.25) is 14.6 Å². The fourth-order valence-electron chi connectivity index (χ4n) is 5.07. The molecule has 4 rings (SSSR count). The van der Waals surface area contributed by atoms with Crippen LogP contribution in [0.25, 0.3) is 0 Å². The Hall–Kier alpha value is -3.10. The number of urea groups is 1. The number of likely N-dealkylation sites (tertiary alicyclic amines) is 1. The molecule has 0 aromatic heterocycles. The van der Waals surface area contributed by atoms with Crippen LogP contribution in [0, 0.1) is 0 Å². The van der Waals surface area contributed by atoms with E-state index >= 15 is 0 Å². The molecule has 3 amide bonds. The third kappa shape index (κ3) is 5.28. The van der Waals surface area contributed by atoms with Crippen molar-refractivity contribution in [2.75, 3.05) is 47.6 Å². The molecule has 0 saturated carbocycles. The van der Waals surface area contributed by atoms with Gasteiger partial charge in [-0.2, -0.15) is 0 Å². The topological polar surface area (TPSA) is 71.6 Å². The number of carbonyl (C=O) groups excluding carboxylic acids is 2. The number of imide groups is 1. The number of benzene rings is 2. The maximum absolute atomic E-state index is 13.8. The molecule has 0 atom stereocenters. The SMILES string of the molecule is COCCCN1C(=O)N(Cc2ccc(OC)cc2)C(=O)C12CCN(Cc1ccc(OC)cc1)CC2. The molecule has 2 fully saturated rings. The van der Waals surface area contributed by atoms with E-state index in [1.54, 1.807) is 21.3 Å². The predicted molar refractivity (Wildman–Crippen MR) is 132 cm³/mol. The zero-order chi connectivity index (χ0) is 24.8. The zero-order valence-corrected chi connectivity index (χ0v) is 20.9. The van der Waals surface area contributed by atoms with Gasteiger partial charge < -0.3 is 19.1 Å². The van der Waals surface area contributed by atoms with Gasteiger partial charge in [0.1, 0.15) is 17.0 Å². The first-order chi connectivity index (χ1) is 17.0. The highest BCUT2D eigenvalue weighted by atomic mass is 16.5. The Kier molecular flexibility index (Phi) is 7.93. The Morgan fingerprint density at radius 1 is 0.800 bits per heavy atom. The van der Waals surface area contributed by atoms with E-state index in [0.29, 0.717) is 32.4 Å². The van der Waals surface area contributed by atoms with Gasteiger partial charge in [-0.1, -0.05) is 24.3 Å². The molecule has 2 aliphatic rings. The summed E-state index contributed by atoms with van der Waals surface area (Å²) in [4.78, 5) is 32.8. The molecule has 2 aromatic rings. The summed E-state index contributed by atoms with van der Waals surface area (Å²) in [6, 6.07) is 15.4. The van der Waals surface area contributed by atoms with E-state index in [4.69, 9.17) is 14.2 Å². The molecule has 0 aliphatic carbocycles. The van der Waals surface area contributed by atoms with Gasteiger partial charge >= 0.3 is 6.03 Å². The van der Waals surface area contributed by atoms with Crippen LogP contribution in [-0.4, -0.2) is 79.7 Å². The first-order valence-electron chi connectivity index (χ1n) is 12.1. The van der Waals surface area contributed by atoms with Crippen LogP contribution >= 0.6 is 0 Å². The van der Waals surface area contributed by atoms with Gasteiger partial charge in [-0.05, 0) is 54.7 Å². The van der Waals surface area contributed by atoms with E-state index < -0.39 is 5.54 Å². The van der Waals surface area contributed by atoms with Crippen LogP contribution in [0.3, 0.4) is 0 Å². The predicted octanol–water partition coefficient (Wildman–Crippen LogP) is 3.54. The second-order valence-corrected chi connectivity index (χ2v) is 9.18. The lowest BCUT2D eigenvalue weighted by molar-refractivity contribution is -0.136. The van der Waals surface area contributed by atoms with Crippen LogP contribution in [0.2, 0.25) is 0 Å². The molecule has 0 bridgehead atoms. The first-order valence-corrected chi connectivity index (χ1v) is 12.1. The molecule has 35 heavy (non-hydrogen) atoms. The number of hydrogen-bond donors (Lipinski definition) is 0. The first kappa shape index (κ1) is 25.0. The summed E-state index contributed by atoms with van der Waals surface area (Å²) in [5.41, 5.74) is 1.32. The number of ether oxygens (including phenoxy) is 3. The Morgan fingerprint density at radius 3 is 1.86 bits per heavy atom. The summed E-state index contributed by atoms with van der Waals surface area (Å²) < 4.78 is 15.7. The molecule has 8 heteroatoms.